The Bertz CT molecular complexity index is 555. The van der Waals surface area contributed by atoms with Gasteiger partial charge in [0.1, 0.15) is 5.82 Å². The van der Waals surface area contributed by atoms with Crippen molar-refractivity contribution in [3.05, 3.63) is 17.7 Å². The molecule has 1 aromatic heterocycles. The van der Waals surface area contributed by atoms with Crippen LogP contribution < -0.4 is 0 Å². The van der Waals surface area contributed by atoms with Crippen LogP contribution in [0.3, 0.4) is 0 Å². The molecule has 4 heteroatoms. The van der Waals surface area contributed by atoms with Gasteiger partial charge in [0.05, 0.1) is 6.04 Å². The van der Waals surface area contributed by atoms with E-state index in [9.17, 15) is 4.79 Å². The molecule has 1 saturated heterocycles. The minimum Gasteiger partial charge on any atom is -0.341 e. The Morgan fingerprint density at radius 1 is 1.23 bits per heavy atom. The first-order chi connectivity index (χ1) is 10.7. The molecular weight excluding hydrogens is 274 g/mol. The summed E-state index contributed by atoms with van der Waals surface area (Å²) < 4.78 is 2.43. The van der Waals surface area contributed by atoms with E-state index in [-0.39, 0.29) is 0 Å². The number of imidazole rings is 1. The summed E-state index contributed by atoms with van der Waals surface area (Å²) >= 11 is 0. The molecule has 0 bridgehead atoms. The lowest BCUT2D eigenvalue weighted by Gasteiger charge is -2.21. The molecule has 3 aliphatic rings. The van der Waals surface area contributed by atoms with E-state index in [0.717, 1.165) is 25.9 Å². The second-order valence-electron chi connectivity index (χ2n) is 7.54. The van der Waals surface area contributed by atoms with E-state index in [1.54, 1.807) is 0 Å². The van der Waals surface area contributed by atoms with Gasteiger partial charge in [0.25, 0.3) is 0 Å². The van der Waals surface area contributed by atoms with Crippen molar-refractivity contribution in [3.63, 3.8) is 0 Å². The van der Waals surface area contributed by atoms with Crippen molar-refractivity contribution in [2.45, 2.75) is 70.3 Å². The predicted molar refractivity (Wildman–Crippen MR) is 85.7 cm³/mol. The molecule has 22 heavy (non-hydrogen) atoms. The molecule has 0 aromatic carbocycles. The van der Waals surface area contributed by atoms with E-state index in [1.165, 1.54) is 50.0 Å². The standard InChI is InChI=1S/C18H27N3O/c1-13-11-19-18(15-6-7-15)21(13)16-8-9-20(12-16)17(22)10-14-4-2-3-5-14/h11,14-16H,2-10,12H2,1H3. The SMILES string of the molecule is Cc1cnc(C2CC2)n1C1CCN(C(=O)CC2CCCC2)C1. The summed E-state index contributed by atoms with van der Waals surface area (Å²) in [4.78, 5) is 19.3. The zero-order valence-electron chi connectivity index (χ0n) is 13.6. The van der Waals surface area contributed by atoms with Crippen LogP contribution in [0, 0.1) is 12.8 Å². The van der Waals surface area contributed by atoms with Crippen LogP contribution in [0.15, 0.2) is 6.20 Å². The predicted octanol–water partition coefficient (Wildman–Crippen LogP) is 3.42. The fourth-order valence-corrected chi connectivity index (χ4v) is 4.35. The van der Waals surface area contributed by atoms with E-state index in [4.69, 9.17) is 0 Å². The van der Waals surface area contributed by atoms with Gasteiger partial charge in [-0.3, -0.25) is 4.79 Å². The average Bonchev–Trinajstić information content (AvgIpc) is 2.93. The third-order valence-corrected chi connectivity index (χ3v) is 5.77. The lowest BCUT2D eigenvalue weighted by molar-refractivity contribution is -0.131. The van der Waals surface area contributed by atoms with Gasteiger partial charge in [-0.25, -0.2) is 4.98 Å². The van der Waals surface area contributed by atoms with Gasteiger partial charge in [-0.1, -0.05) is 12.8 Å². The fourth-order valence-electron chi connectivity index (χ4n) is 4.35. The van der Waals surface area contributed by atoms with Crippen LogP contribution in [0.5, 0.6) is 0 Å². The van der Waals surface area contributed by atoms with Crippen LogP contribution in [0.25, 0.3) is 0 Å². The highest BCUT2D eigenvalue weighted by molar-refractivity contribution is 5.76. The Kier molecular flexibility index (Phi) is 3.71. The third-order valence-electron chi connectivity index (χ3n) is 5.77. The molecule has 1 atom stereocenters. The highest BCUT2D eigenvalue weighted by atomic mass is 16.2. The summed E-state index contributed by atoms with van der Waals surface area (Å²) in [6.07, 6.45) is 11.6. The van der Waals surface area contributed by atoms with Gasteiger partial charge in [0.15, 0.2) is 0 Å². The van der Waals surface area contributed by atoms with Gasteiger partial charge >= 0.3 is 0 Å². The highest BCUT2D eigenvalue weighted by Gasteiger charge is 2.35. The monoisotopic (exact) mass is 301 g/mol. The number of amides is 1. The van der Waals surface area contributed by atoms with Crippen molar-refractivity contribution in [3.8, 4) is 0 Å². The molecule has 1 amide bonds. The van der Waals surface area contributed by atoms with Crippen LogP contribution in [-0.4, -0.2) is 33.4 Å². The normalized spacial score (nSPS) is 26.0. The topological polar surface area (TPSA) is 38.1 Å². The zero-order valence-corrected chi connectivity index (χ0v) is 13.6. The molecule has 1 aromatic rings. The first-order valence-electron chi connectivity index (χ1n) is 9.04. The number of aromatic nitrogens is 2. The molecule has 0 radical (unpaired) electrons. The van der Waals surface area contributed by atoms with Crippen LogP contribution in [0.1, 0.15) is 74.8 Å². The van der Waals surface area contributed by atoms with Gasteiger partial charge in [-0.2, -0.15) is 0 Å². The quantitative estimate of drug-likeness (QED) is 0.854. The molecule has 1 unspecified atom stereocenters. The molecular formula is C18H27N3O. The van der Waals surface area contributed by atoms with Gasteiger partial charge in [0.2, 0.25) is 5.91 Å². The van der Waals surface area contributed by atoms with Gasteiger partial charge < -0.3 is 9.47 Å². The molecule has 0 N–H and O–H groups in total. The lowest BCUT2D eigenvalue weighted by Crippen LogP contribution is -2.30. The Balaban J connectivity index is 1.41. The number of carbonyl (C=O) groups excluding carboxylic acids is 1. The molecule has 1 aliphatic heterocycles. The number of likely N-dealkylation sites (tertiary alicyclic amines) is 1. The Morgan fingerprint density at radius 2 is 2.00 bits per heavy atom. The third kappa shape index (κ3) is 2.68. The van der Waals surface area contributed by atoms with Crippen molar-refractivity contribution in [2.24, 2.45) is 5.92 Å². The van der Waals surface area contributed by atoms with Crippen molar-refractivity contribution < 1.29 is 4.79 Å². The van der Waals surface area contributed by atoms with Crippen molar-refractivity contribution in [1.82, 2.24) is 14.5 Å². The summed E-state index contributed by atoms with van der Waals surface area (Å²) in [6, 6.07) is 0.450. The van der Waals surface area contributed by atoms with Crippen molar-refractivity contribution >= 4 is 5.91 Å². The number of hydrogen-bond donors (Lipinski definition) is 0. The second-order valence-corrected chi connectivity index (χ2v) is 7.54. The summed E-state index contributed by atoms with van der Waals surface area (Å²) in [5, 5.41) is 0. The van der Waals surface area contributed by atoms with E-state index in [1.807, 2.05) is 6.20 Å². The van der Waals surface area contributed by atoms with Crippen LogP contribution in [0.4, 0.5) is 0 Å². The summed E-state index contributed by atoms with van der Waals surface area (Å²) in [6.45, 7) is 3.97. The van der Waals surface area contributed by atoms with Crippen molar-refractivity contribution in [1.29, 1.82) is 0 Å². The molecule has 120 valence electrons. The zero-order chi connectivity index (χ0) is 15.1. The highest BCUT2D eigenvalue weighted by Crippen LogP contribution is 2.41. The number of nitrogens with zero attached hydrogens (tertiary/aromatic N) is 3. The molecule has 4 rings (SSSR count). The largest absolute Gasteiger partial charge is 0.341 e. The molecule has 3 fully saturated rings. The maximum atomic E-state index is 12.5. The molecule has 2 saturated carbocycles. The minimum absolute atomic E-state index is 0.389. The molecule has 0 spiro atoms. The maximum absolute atomic E-state index is 12.5. The summed E-state index contributed by atoms with van der Waals surface area (Å²) in [5.41, 5.74) is 1.26. The Morgan fingerprint density at radius 3 is 2.73 bits per heavy atom. The number of aryl methyl sites for hydroxylation is 1. The second kappa shape index (κ2) is 5.71. The Hall–Kier alpha value is -1.32. The average molecular weight is 301 g/mol. The number of carbonyl (C=O) groups is 1. The van der Waals surface area contributed by atoms with Gasteiger partial charge in [-0.05, 0) is 44.9 Å². The van der Waals surface area contributed by atoms with Gasteiger partial charge in [-0.15, -0.1) is 0 Å². The van der Waals surface area contributed by atoms with E-state index in [0.29, 0.717) is 23.8 Å². The number of rotatable bonds is 4. The van der Waals surface area contributed by atoms with E-state index < -0.39 is 0 Å². The van der Waals surface area contributed by atoms with Gasteiger partial charge in [0, 0.05) is 37.3 Å². The molecule has 2 aliphatic carbocycles. The minimum atomic E-state index is 0.389. The fraction of sp³-hybridized carbons (Fsp3) is 0.778. The van der Waals surface area contributed by atoms with Crippen molar-refractivity contribution in [2.75, 3.05) is 13.1 Å². The van der Waals surface area contributed by atoms with Crippen LogP contribution in [0.2, 0.25) is 0 Å². The molecule has 4 nitrogen and oxygen atoms in total. The first kappa shape index (κ1) is 14.3. The van der Waals surface area contributed by atoms with Crippen LogP contribution in [-0.2, 0) is 4.79 Å². The smallest absolute Gasteiger partial charge is 0.222 e. The summed E-state index contributed by atoms with van der Waals surface area (Å²) in [7, 11) is 0. The Labute approximate surface area is 132 Å². The molecule has 2 heterocycles. The first-order valence-corrected chi connectivity index (χ1v) is 9.04. The van der Waals surface area contributed by atoms with E-state index >= 15 is 0 Å². The summed E-state index contributed by atoms with van der Waals surface area (Å²) in [5.74, 6) is 2.99. The van der Waals surface area contributed by atoms with E-state index in [2.05, 4.69) is 21.4 Å². The van der Waals surface area contributed by atoms with Crippen LogP contribution >= 0.6 is 0 Å². The number of hydrogen-bond acceptors (Lipinski definition) is 2. The lowest BCUT2D eigenvalue weighted by atomic mass is 10.0. The maximum Gasteiger partial charge on any atom is 0.222 e.